The molecule has 1 saturated carbocycles. The second-order valence-corrected chi connectivity index (χ2v) is 12.1. The SMILES string of the molecule is Cc1ccc(S(=O)(=O)n2nc(N3CCN(c4ncc(Cl)cc4F)CC34CC4)c3c(Cl)ccc(F)c32)cc1. The molecule has 2 aliphatic rings. The Labute approximate surface area is 222 Å². The molecule has 1 aliphatic carbocycles. The minimum absolute atomic E-state index is 0.0105. The minimum Gasteiger partial charge on any atom is -0.350 e. The number of fused-ring (bicyclic) bond motifs is 1. The third kappa shape index (κ3) is 3.93. The van der Waals surface area contributed by atoms with Crippen LogP contribution in [0.4, 0.5) is 20.4 Å². The molecule has 2 fully saturated rings. The molecule has 0 radical (unpaired) electrons. The van der Waals surface area contributed by atoms with Crippen LogP contribution in [0.2, 0.25) is 10.0 Å². The largest absolute Gasteiger partial charge is 0.350 e. The predicted molar refractivity (Wildman–Crippen MR) is 139 cm³/mol. The smallest absolute Gasteiger partial charge is 0.283 e. The third-order valence-electron chi connectivity index (χ3n) is 7.05. The van der Waals surface area contributed by atoms with E-state index in [9.17, 15) is 12.8 Å². The Kier molecular flexibility index (Phi) is 5.63. The first-order chi connectivity index (χ1) is 17.6. The van der Waals surface area contributed by atoms with E-state index in [4.69, 9.17) is 23.2 Å². The lowest BCUT2D eigenvalue weighted by Gasteiger charge is -2.43. The fraction of sp³-hybridized carbons (Fsp3) is 0.280. The van der Waals surface area contributed by atoms with Gasteiger partial charge in [0, 0.05) is 25.8 Å². The summed E-state index contributed by atoms with van der Waals surface area (Å²) in [6, 6.07) is 10.0. The third-order valence-corrected chi connectivity index (χ3v) is 9.16. The first-order valence-electron chi connectivity index (χ1n) is 11.6. The van der Waals surface area contributed by atoms with E-state index in [1.807, 2.05) is 16.7 Å². The number of aryl methyl sites for hydroxylation is 1. The van der Waals surface area contributed by atoms with Gasteiger partial charge in [0.1, 0.15) is 5.52 Å². The van der Waals surface area contributed by atoms with Crippen LogP contribution in [0, 0.1) is 18.6 Å². The summed E-state index contributed by atoms with van der Waals surface area (Å²) in [6.45, 7) is 3.05. The number of nitrogens with zero attached hydrogens (tertiary/aromatic N) is 5. The lowest BCUT2D eigenvalue weighted by molar-refractivity contribution is 0.492. The highest BCUT2D eigenvalue weighted by Gasteiger charge is 2.53. The highest BCUT2D eigenvalue weighted by Crippen LogP contribution is 2.49. The van der Waals surface area contributed by atoms with Gasteiger partial charge >= 0.3 is 0 Å². The van der Waals surface area contributed by atoms with Gasteiger partial charge in [-0.1, -0.05) is 40.9 Å². The number of rotatable bonds is 4. The zero-order valence-corrected chi connectivity index (χ0v) is 22.0. The van der Waals surface area contributed by atoms with Crippen LogP contribution in [-0.2, 0) is 10.0 Å². The predicted octanol–water partition coefficient (Wildman–Crippen LogP) is 5.42. The summed E-state index contributed by atoms with van der Waals surface area (Å²) in [6.07, 6.45) is 2.94. The fourth-order valence-electron chi connectivity index (χ4n) is 5.00. The molecule has 7 nitrogen and oxygen atoms in total. The molecule has 6 rings (SSSR count). The van der Waals surface area contributed by atoms with Gasteiger partial charge in [-0.2, -0.15) is 8.42 Å². The van der Waals surface area contributed by atoms with Crippen LogP contribution in [0.1, 0.15) is 18.4 Å². The van der Waals surface area contributed by atoms with E-state index < -0.39 is 27.2 Å². The molecule has 3 heterocycles. The van der Waals surface area contributed by atoms with E-state index in [0.29, 0.717) is 19.6 Å². The summed E-state index contributed by atoms with van der Waals surface area (Å²) in [5.41, 5.74) is 0.243. The molecule has 1 aliphatic heterocycles. The molecule has 0 atom stereocenters. The van der Waals surface area contributed by atoms with Crippen LogP contribution < -0.4 is 9.80 Å². The van der Waals surface area contributed by atoms with Gasteiger partial charge < -0.3 is 9.80 Å². The number of hydrogen-bond donors (Lipinski definition) is 0. The van der Waals surface area contributed by atoms with Crippen molar-refractivity contribution in [2.75, 3.05) is 29.4 Å². The average molecular weight is 564 g/mol. The molecule has 1 saturated heterocycles. The molecule has 0 amide bonds. The van der Waals surface area contributed by atoms with Crippen molar-refractivity contribution in [3.63, 3.8) is 0 Å². The Morgan fingerprint density at radius 3 is 2.38 bits per heavy atom. The van der Waals surface area contributed by atoms with Gasteiger partial charge in [-0.05, 0) is 50.1 Å². The second kappa shape index (κ2) is 8.54. The molecule has 192 valence electrons. The lowest BCUT2D eigenvalue weighted by Crippen LogP contribution is -2.56. The quantitative estimate of drug-likeness (QED) is 0.330. The van der Waals surface area contributed by atoms with E-state index in [-0.39, 0.29) is 37.5 Å². The average Bonchev–Trinajstić information content (AvgIpc) is 3.48. The van der Waals surface area contributed by atoms with Crippen molar-refractivity contribution in [1.29, 1.82) is 0 Å². The monoisotopic (exact) mass is 563 g/mol. The van der Waals surface area contributed by atoms with Crippen LogP contribution in [-0.4, -0.2) is 47.8 Å². The van der Waals surface area contributed by atoms with Gasteiger partial charge in [-0.25, -0.2) is 13.8 Å². The van der Waals surface area contributed by atoms with E-state index in [1.54, 1.807) is 12.1 Å². The zero-order chi connectivity index (χ0) is 26.1. The van der Waals surface area contributed by atoms with E-state index in [2.05, 4.69) is 10.1 Å². The maximum absolute atomic E-state index is 15.2. The highest BCUT2D eigenvalue weighted by atomic mass is 35.5. The molecule has 0 bridgehead atoms. The highest BCUT2D eigenvalue weighted by molar-refractivity contribution is 7.90. The van der Waals surface area contributed by atoms with Gasteiger partial charge in [0.05, 0.1) is 25.9 Å². The molecule has 2 aromatic heterocycles. The summed E-state index contributed by atoms with van der Waals surface area (Å²) < 4.78 is 57.8. The Balaban J connectivity index is 1.46. The molecule has 37 heavy (non-hydrogen) atoms. The number of aromatic nitrogens is 3. The van der Waals surface area contributed by atoms with Crippen molar-refractivity contribution in [1.82, 2.24) is 14.2 Å². The van der Waals surface area contributed by atoms with Crippen molar-refractivity contribution in [3.05, 3.63) is 75.9 Å². The molecule has 2 aromatic carbocycles. The molecule has 0 unspecified atom stereocenters. The Hall–Kier alpha value is -2.95. The minimum atomic E-state index is -4.22. The molecule has 12 heteroatoms. The molecule has 4 aromatic rings. The van der Waals surface area contributed by atoms with Gasteiger partial charge in [-0.15, -0.1) is 9.19 Å². The van der Waals surface area contributed by atoms with Crippen LogP contribution in [0.25, 0.3) is 10.9 Å². The summed E-state index contributed by atoms with van der Waals surface area (Å²) in [7, 11) is -4.22. The summed E-state index contributed by atoms with van der Waals surface area (Å²) in [4.78, 5) is 7.99. The fourth-order valence-corrected chi connectivity index (χ4v) is 6.67. The molecular formula is C25H21Cl2F2N5O2S. The van der Waals surface area contributed by atoms with Gasteiger partial charge in [0.15, 0.2) is 23.3 Å². The standard InChI is InChI=1S/C25H21Cl2F2N5O2S/c1-15-2-4-17(5-3-15)37(35,36)34-22-19(28)7-6-18(27)21(22)24(31-34)33-11-10-32(14-25(33)8-9-25)23-20(29)12-16(26)13-30-23/h2-7,12-13H,8-11,14H2,1H3. The normalized spacial score (nSPS) is 17.1. The van der Waals surface area contributed by atoms with Crippen molar-refractivity contribution in [2.24, 2.45) is 0 Å². The Morgan fingerprint density at radius 1 is 0.973 bits per heavy atom. The van der Waals surface area contributed by atoms with Crippen LogP contribution >= 0.6 is 23.2 Å². The lowest BCUT2D eigenvalue weighted by atomic mass is 10.1. The van der Waals surface area contributed by atoms with Crippen molar-refractivity contribution in [2.45, 2.75) is 30.2 Å². The summed E-state index contributed by atoms with van der Waals surface area (Å²) in [5.74, 6) is -0.765. The van der Waals surface area contributed by atoms with Crippen molar-refractivity contribution < 1.29 is 17.2 Å². The Morgan fingerprint density at radius 2 is 1.70 bits per heavy atom. The van der Waals surface area contributed by atoms with Gasteiger partial charge in [0.2, 0.25) is 0 Å². The maximum Gasteiger partial charge on any atom is 0.283 e. The molecular weight excluding hydrogens is 543 g/mol. The number of benzene rings is 2. The van der Waals surface area contributed by atoms with Crippen molar-refractivity contribution >= 4 is 55.8 Å². The molecule has 1 spiro atoms. The van der Waals surface area contributed by atoms with E-state index in [0.717, 1.165) is 28.6 Å². The number of pyridine rings is 1. The number of piperazine rings is 1. The van der Waals surface area contributed by atoms with E-state index in [1.165, 1.54) is 30.5 Å². The number of halogens is 4. The van der Waals surface area contributed by atoms with E-state index >= 15 is 4.39 Å². The number of anilines is 2. The van der Waals surface area contributed by atoms with Crippen LogP contribution in [0.3, 0.4) is 0 Å². The van der Waals surface area contributed by atoms with Gasteiger partial charge in [0.25, 0.3) is 10.0 Å². The van der Waals surface area contributed by atoms with Crippen LogP contribution in [0.15, 0.2) is 53.6 Å². The Bertz CT molecular complexity index is 1660. The first-order valence-corrected chi connectivity index (χ1v) is 13.8. The summed E-state index contributed by atoms with van der Waals surface area (Å²) in [5, 5.41) is 5.11. The topological polar surface area (TPSA) is 71.3 Å². The zero-order valence-electron chi connectivity index (χ0n) is 19.6. The van der Waals surface area contributed by atoms with Crippen molar-refractivity contribution in [3.8, 4) is 0 Å². The molecule has 0 N–H and O–H groups in total. The van der Waals surface area contributed by atoms with Crippen LogP contribution in [0.5, 0.6) is 0 Å². The second-order valence-electron chi connectivity index (χ2n) is 9.49. The number of hydrogen-bond acceptors (Lipinski definition) is 6. The van der Waals surface area contributed by atoms with Gasteiger partial charge in [-0.3, -0.25) is 0 Å². The maximum atomic E-state index is 15.2. The first kappa shape index (κ1) is 24.4. The summed E-state index contributed by atoms with van der Waals surface area (Å²) >= 11 is 12.4.